The molecule has 9 nitrogen and oxygen atoms in total. The van der Waals surface area contributed by atoms with E-state index in [0.29, 0.717) is 16.6 Å². The molecule has 0 saturated carbocycles. The molecule has 2 heterocycles. The van der Waals surface area contributed by atoms with Crippen molar-refractivity contribution in [2.45, 2.75) is 6.92 Å². The predicted octanol–water partition coefficient (Wildman–Crippen LogP) is 1.94. The number of ether oxygens (including phenoxy) is 1. The summed E-state index contributed by atoms with van der Waals surface area (Å²) in [5, 5.41) is 18.1. The highest BCUT2D eigenvalue weighted by Crippen LogP contribution is 2.35. The number of nitrogens with two attached hydrogens (primary N) is 1. The summed E-state index contributed by atoms with van der Waals surface area (Å²) in [5.74, 6) is 0.213. The molecular formula is C12H10N6O3. The predicted molar refractivity (Wildman–Crippen MR) is 74.0 cm³/mol. The minimum atomic E-state index is -0.514. The normalized spacial score (nSPS) is 10.7. The summed E-state index contributed by atoms with van der Waals surface area (Å²) < 4.78 is 5.62. The van der Waals surface area contributed by atoms with Gasteiger partial charge in [-0.25, -0.2) is 0 Å². The van der Waals surface area contributed by atoms with Crippen LogP contribution in [-0.2, 0) is 0 Å². The second-order valence-corrected chi connectivity index (χ2v) is 4.30. The van der Waals surface area contributed by atoms with E-state index in [-0.39, 0.29) is 23.3 Å². The van der Waals surface area contributed by atoms with E-state index < -0.39 is 4.92 Å². The Morgan fingerprint density at radius 3 is 2.95 bits per heavy atom. The molecule has 21 heavy (non-hydrogen) atoms. The standard InChI is InChI=1S/C12H10N6O3/c1-6-3-2-4-8(18(19)20)9(6)21-11-7-5-14-17-10(7)15-12(13)16-11/h2-5H,1H3,(H3,13,14,15,16,17). The molecule has 3 rings (SSSR count). The van der Waals surface area contributed by atoms with E-state index >= 15 is 0 Å². The second kappa shape index (κ2) is 4.71. The van der Waals surface area contributed by atoms with Gasteiger partial charge in [0.1, 0.15) is 5.39 Å². The zero-order valence-electron chi connectivity index (χ0n) is 10.9. The van der Waals surface area contributed by atoms with Gasteiger partial charge < -0.3 is 10.5 Å². The van der Waals surface area contributed by atoms with Crippen LogP contribution in [-0.4, -0.2) is 25.1 Å². The van der Waals surface area contributed by atoms with Crippen LogP contribution in [0.1, 0.15) is 5.56 Å². The van der Waals surface area contributed by atoms with Gasteiger partial charge >= 0.3 is 5.69 Å². The van der Waals surface area contributed by atoms with Gasteiger partial charge in [-0.05, 0) is 12.5 Å². The summed E-state index contributed by atoms with van der Waals surface area (Å²) >= 11 is 0. The molecule has 3 aromatic rings. The van der Waals surface area contributed by atoms with Crippen molar-refractivity contribution in [3.63, 3.8) is 0 Å². The highest BCUT2D eigenvalue weighted by Gasteiger charge is 2.20. The third kappa shape index (κ3) is 2.20. The second-order valence-electron chi connectivity index (χ2n) is 4.30. The molecule has 0 fully saturated rings. The van der Waals surface area contributed by atoms with E-state index in [0.717, 1.165) is 0 Å². The number of H-pyrrole nitrogens is 1. The van der Waals surface area contributed by atoms with Crippen LogP contribution >= 0.6 is 0 Å². The van der Waals surface area contributed by atoms with E-state index in [1.807, 2.05) is 0 Å². The number of nitrogens with one attached hydrogen (secondary N) is 1. The van der Waals surface area contributed by atoms with E-state index in [1.165, 1.54) is 12.3 Å². The van der Waals surface area contributed by atoms with Crippen molar-refractivity contribution in [1.29, 1.82) is 0 Å². The molecule has 0 aliphatic carbocycles. The highest BCUT2D eigenvalue weighted by molar-refractivity contribution is 5.81. The fourth-order valence-electron chi connectivity index (χ4n) is 1.91. The zero-order chi connectivity index (χ0) is 15.0. The van der Waals surface area contributed by atoms with Gasteiger partial charge in [-0.3, -0.25) is 15.2 Å². The number of aryl methyl sites for hydroxylation is 1. The minimum Gasteiger partial charge on any atom is -0.431 e. The van der Waals surface area contributed by atoms with Crippen LogP contribution in [0.25, 0.3) is 11.0 Å². The van der Waals surface area contributed by atoms with E-state index in [9.17, 15) is 10.1 Å². The lowest BCUT2D eigenvalue weighted by molar-refractivity contribution is -0.385. The Labute approximate surface area is 117 Å². The minimum absolute atomic E-state index is 0.0158. The van der Waals surface area contributed by atoms with Crippen molar-refractivity contribution < 1.29 is 9.66 Å². The van der Waals surface area contributed by atoms with Crippen molar-refractivity contribution in [2.24, 2.45) is 0 Å². The van der Waals surface area contributed by atoms with Crippen LogP contribution < -0.4 is 10.5 Å². The number of para-hydroxylation sites is 1. The first-order chi connectivity index (χ1) is 10.1. The molecule has 0 bridgehead atoms. The number of fused-ring (bicyclic) bond motifs is 1. The molecule has 9 heteroatoms. The van der Waals surface area contributed by atoms with Crippen LogP contribution in [0.2, 0.25) is 0 Å². The smallest absolute Gasteiger partial charge is 0.311 e. The molecule has 2 aromatic heterocycles. The lowest BCUT2D eigenvalue weighted by Crippen LogP contribution is -2.00. The fourth-order valence-corrected chi connectivity index (χ4v) is 1.91. The average Bonchev–Trinajstić information content (AvgIpc) is 2.88. The van der Waals surface area contributed by atoms with Gasteiger partial charge in [0.2, 0.25) is 17.6 Å². The SMILES string of the molecule is Cc1cccc([N+](=O)[O-])c1Oc1nc(N)nc2[nH]ncc12. The molecule has 0 saturated heterocycles. The third-order valence-corrected chi connectivity index (χ3v) is 2.88. The molecule has 1 aromatic carbocycles. The lowest BCUT2D eigenvalue weighted by Gasteiger charge is -2.09. The van der Waals surface area contributed by atoms with Crippen LogP contribution in [0.3, 0.4) is 0 Å². The average molecular weight is 286 g/mol. The molecule has 0 atom stereocenters. The molecule has 0 spiro atoms. The number of nitrogen functional groups attached to an aromatic ring is 1. The number of hydrogen-bond acceptors (Lipinski definition) is 7. The Kier molecular flexibility index (Phi) is 2.87. The number of benzene rings is 1. The molecular weight excluding hydrogens is 276 g/mol. The number of nitrogens with zero attached hydrogens (tertiary/aromatic N) is 4. The van der Waals surface area contributed by atoms with Crippen molar-refractivity contribution >= 4 is 22.7 Å². The third-order valence-electron chi connectivity index (χ3n) is 2.88. The molecule has 0 radical (unpaired) electrons. The number of rotatable bonds is 3. The molecule has 0 unspecified atom stereocenters. The van der Waals surface area contributed by atoms with Gasteiger partial charge in [0.15, 0.2) is 5.65 Å². The topological polar surface area (TPSA) is 133 Å². The summed E-state index contributed by atoms with van der Waals surface area (Å²) in [4.78, 5) is 18.5. The van der Waals surface area contributed by atoms with E-state index in [2.05, 4.69) is 20.2 Å². The maximum atomic E-state index is 11.1. The van der Waals surface area contributed by atoms with Crippen LogP contribution in [0.15, 0.2) is 24.4 Å². The maximum Gasteiger partial charge on any atom is 0.311 e. The van der Waals surface area contributed by atoms with Crippen LogP contribution in [0.4, 0.5) is 11.6 Å². The number of anilines is 1. The van der Waals surface area contributed by atoms with E-state index in [4.69, 9.17) is 10.5 Å². The summed E-state index contributed by atoms with van der Waals surface area (Å²) in [6, 6.07) is 4.65. The lowest BCUT2D eigenvalue weighted by atomic mass is 10.2. The quantitative estimate of drug-likeness (QED) is 0.555. The van der Waals surface area contributed by atoms with Crippen molar-refractivity contribution in [3.8, 4) is 11.6 Å². The van der Waals surface area contributed by atoms with Crippen molar-refractivity contribution in [3.05, 3.63) is 40.1 Å². The Morgan fingerprint density at radius 1 is 1.38 bits per heavy atom. The van der Waals surface area contributed by atoms with Crippen LogP contribution in [0.5, 0.6) is 11.6 Å². The van der Waals surface area contributed by atoms with E-state index in [1.54, 1.807) is 19.1 Å². The maximum absolute atomic E-state index is 11.1. The Hall–Kier alpha value is -3.23. The van der Waals surface area contributed by atoms with Crippen LogP contribution in [0, 0.1) is 17.0 Å². The highest BCUT2D eigenvalue weighted by atomic mass is 16.6. The molecule has 3 N–H and O–H groups in total. The molecule has 0 aliphatic rings. The Balaban J connectivity index is 2.15. The number of nitro groups is 1. The molecule has 106 valence electrons. The Bertz CT molecular complexity index is 844. The van der Waals surface area contributed by atoms with Gasteiger partial charge in [-0.1, -0.05) is 12.1 Å². The first kappa shape index (κ1) is 12.8. The fraction of sp³-hybridized carbons (Fsp3) is 0.0833. The number of aromatic amines is 1. The molecule has 0 amide bonds. The van der Waals surface area contributed by atoms with Gasteiger partial charge in [-0.2, -0.15) is 15.1 Å². The summed E-state index contributed by atoms with van der Waals surface area (Å²) in [5.41, 5.74) is 6.45. The van der Waals surface area contributed by atoms with Gasteiger partial charge in [0.25, 0.3) is 0 Å². The first-order valence-electron chi connectivity index (χ1n) is 5.94. The van der Waals surface area contributed by atoms with Gasteiger partial charge in [0, 0.05) is 6.07 Å². The van der Waals surface area contributed by atoms with Crippen molar-refractivity contribution in [1.82, 2.24) is 20.2 Å². The number of hydrogen-bond donors (Lipinski definition) is 2. The largest absolute Gasteiger partial charge is 0.431 e. The number of aromatic nitrogens is 4. The van der Waals surface area contributed by atoms with Gasteiger partial charge in [0.05, 0.1) is 11.1 Å². The number of nitro benzene ring substituents is 1. The zero-order valence-corrected chi connectivity index (χ0v) is 10.9. The molecule has 0 aliphatic heterocycles. The summed E-state index contributed by atoms with van der Waals surface area (Å²) in [6.07, 6.45) is 1.47. The monoisotopic (exact) mass is 286 g/mol. The summed E-state index contributed by atoms with van der Waals surface area (Å²) in [6.45, 7) is 1.71. The van der Waals surface area contributed by atoms with Crippen molar-refractivity contribution in [2.75, 3.05) is 5.73 Å². The Morgan fingerprint density at radius 2 is 2.19 bits per heavy atom. The first-order valence-corrected chi connectivity index (χ1v) is 5.94. The summed E-state index contributed by atoms with van der Waals surface area (Å²) in [7, 11) is 0. The van der Waals surface area contributed by atoms with Gasteiger partial charge in [-0.15, -0.1) is 0 Å².